The Balaban J connectivity index is 1.76. The number of rotatable bonds is 4. The van der Waals surface area contributed by atoms with E-state index in [1.165, 1.54) is 0 Å². The Labute approximate surface area is 128 Å². The number of aromatic nitrogens is 7. The van der Waals surface area contributed by atoms with Gasteiger partial charge in [-0.05, 0) is 38.1 Å². The van der Waals surface area contributed by atoms with Gasteiger partial charge in [0.15, 0.2) is 5.82 Å². The Hall–Kier alpha value is -2.77. The summed E-state index contributed by atoms with van der Waals surface area (Å²) >= 11 is 0. The predicted molar refractivity (Wildman–Crippen MR) is 81.5 cm³/mol. The molecule has 0 radical (unpaired) electrons. The first-order chi connectivity index (χ1) is 10.5. The Morgan fingerprint density at radius 1 is 1.23 bits per heavy atom. The highest BCUT2D eigenvalue weighted by Gasteiger charge is 2.17. The molecule has 1 N–H and O–H groups in total. The largest absolute Gasteiger partial charge is 0.375 e. The van der Waals surface area contributed by atoms with Crippen LogP contribution in [0.2, 0.25) is 0 Å². The molecule has 8 nitrogen and oxygen atoms in total. The van der Waals surface area contributed by atoms with Gasteiger partial charge in [-0.1, -0.05) is 0 Å². The predicted octanol–water partition coefficient (Wildman–Crippen LogP) is 1.62. The van der Waals surface area contributed by atoms with Crippen LogP contribution >= 0.6 is 0 Å². The summed E-state index contributed by atoms with van der Waals surface area (Å²) in [5, 5.41) is 20.0. The van der Waals surface area contributed by atoms with E-state index in [-0.39, 0.29) is 5.54 Å². The third-order valence-corrected chi connectivity index (χ3v) is 3.04. The first-order valence-electron chi connectivity index (χ1n) is 7.01. The normalized spacial score (nSPS) is 11.6. The van der Waals surface area contributed by atoms with E-state index in [1.54, 1.807) is 28.1 Å². The van der Waals surface area contributed by atoms with E-state index in [0.29, 0.717) is 12.4 Å². The van der Waals surface area contributed by atoms with Crippen molar-refractivity contribution in [1.82, 2.24) is 35.0 Å². The van der Waals surface area contributed by atoms with Crippen LogP contribution in [0.3, 0.4) is 0 Å². The molecule has 3 aromatic heterocycles. The molecule has 3 aromatic rings. The number of pyridine rings is 1. The number of hydrogen-bond donors (Lipinski definition) is 1. The van der Waals surface area contributed by atoms with Crippen molar-refractivity contribution in [3.8, 4) is 5.69 Å². The highest BCUT2D eigenvalue weighted by molar-refractivity contribution is 5.58. The Morgan fingerprint density at radius 3 is 2.77 bits per heavy atom. The van der Waals surface area contributed by atoms with Gasteiger partial charge in [-0.2, -0.15) is 9.90 Å². The summed E-state index contributed by atoms with van der Waals surface area (Å²) in [7, 11) is 0. The van der Waals surface area contributed by atoms with E-state index in [4.69, 9.17) is 0 Å². The van der Waals surface area contributed by atoms with Crippen LogP contribution in [0.4, 0.5) is 5.69 Å². The first-order valence-corrected chi connectivity index (χ1v) is 7.01. The van der Waals surface area contributed by atoms with Gasteiger partial charge in [0.2, 0.25) is 0 Å². The fourth-order valence-corrected chi connectivity index (χ4v) is 1.91. The third-order valence-electron chi connectivity index (χ3n) is 3.04. The van der Waals surface area contributed by atoms with Crippen LogP contribution in [0.25, 0.3) is 5.69 Å². The van der Waals surface area contributed by atoms with Crippen LogP contribution in [-0.4, -0.2) is 35.0 Å². The van der Waals surface area contributed by atoms with Crippen molar-refractivity contribution >= 4 is 5.69 Å². The van der Waals surface area contributed by atoms with Gasteiger partial charge in [-0.15, -0.1) is 10.2 Å². The van der Waals surface area contributed by atoms with Crippen molar-refractivity contribution in [2.75, 3.05) is 5.32 Å². The zero-order valence-corrected chi connectivity index (χ0v) is 12.8. The first kappa shape index (κ1) is 14.2. The minimum Gasteiger partial charge on any atom is -0.375 e. The van der Waals surface area contributed by atoms with Gasteiger partial charge in [-0.3, -0.25) is 4.98 Å². The van der Waals surface area contributed by atoms with Gasteiger partial charge in [-0.25, -0.2) is 4.68 Å². The number of hydrogen-bond acceptors (Lipinski definition) is 6. The monoisotopic (exact) mass is 298 g/mol. The molecule has 0 aliphatic rings. The smallest absolute Gasteiger partial charge is 0.193 e. The van der Waals surface area contributed by atoms with E-state index in [2.05, 4.69) is 30.8 Å². The van der Waals surface area contributed by atoms with Gasteiger partial charge < -0.3 is 5.32 Å². The number of nitrogens with zero attached hydrogens (tertiary/aromatic N) is 7. The van der Waals surface area contributed by atoms with Crippen molar-refractivity contribution in [1.29, 1.82) is 0 Å². The van der Waals surface area contributed by atoms with Gasteiger partial charge in [0.1, 0.15) is 0 Å². The summed E-state index contributed by atoms with van der Waals surface area (Å²) < 4.78 is 1.78. The van der Waals surface area contributed by atoms with Crippen LogP contribution < -0.4 is 5.32 Å². The molecule has 0 spiro atoms. The average Bonchev–Trinajstić information content (AvgIpc) is 3.16. The van der Waals surface area contributed by atoms with Crippen molar-refractivity contribution in [3.05, 3.63) is 42.7 Å². The van der Waals surface area contributed by atoms with Gasteiger partial charge in [0, 0.05) is 18.6 Å². The van der Waals surface area contributed by atoms with Crippen LogP contribution in [-0.2, 0) is 12.1 Å². The summed E-state index contributed by atoms with van der Waals surface area (Å²) in [6, 6.07) is 3.77. The Bertz CT molecular complexity index is 738. The van der Waals surface area contributed by atoms with Gasteiger partial charge in [0.05, 0.1) is 29.7 Å². The molecule has 0 saturated carbocycles. The Kier molecular flexibility index (Phi) is 3.58. The minimum absolute atomic E-state index is 0.181. The minimum atomic E-state index is -0.181. The van der Waals surface area contributed by atoms with Gasteiger partial charge in [0.25, 0.3) is 0 Å². The molecule has 0 aliphatic carbocycles. The summed E-state index contributed by atoms with van der Waals surface area (Å²) in [5.74, 6) is 0.630. The lowest BCUT2D eigenvalue weighted by molar-refractivity contribution is 0.305. The molecule has 114 valence electrons. The second-order valence-electron chi connectivity index (χ2n) is 5.86. The molecule has 0 aromatic carbocycles. The lowest BCUT2D eigenvalue weighted by Gasteiger charge is -2.15. The van der Waals surface area contributed by atoms with E-state index in [1.807, 2.05) is 39.1 Å². The molecular formula is C14H18N8. The SMILES string of the molecule is CC(C)(C)n1nnc(CNc2cnccc2-n2cccn2)n1. The average molecular weight is 298 g/mol. The molecule has 0 unspecified atom stereocenters. The molecule has 3 heterocycles. The lowest BCUT2D eigenvalue weighted by Crippen LogP contribution is -2.24. The topological polar surface area (TPSA) is 86.3 Å². The van der Waals surface area contributed by atoms with Crippen molar-refractivity contribution in [2.45, 2.75) is 32.9 Å². The maximum absolute atomic E-state index is 4.38. The van der Waals surface area contributed by atoms with E-state index in [9.17, 15) is 0 Å². The molecule has 22 heavy (non-hydrogen) atoms. The fourth-order valence-electron chi connectivity index (χ4n) is 1.91. The molecule has 0 amide bonds. The molecule has 0 saturated heterocycles. The van der Waals surface area contributed by atoms with Crippen LogP contribution in [0.5, 0.6) is 0 Å². The summed E-state index contributed by atoms with van der Waals surface area (Å²) in [6.45, 7) is 6.56. The second-order valence-corrected chi connectivity index (χ2v) is 5.86. The van der Waals surface area contributed by atoms with Gasteiger partial charge >= 0.3 is 0 Å². The molecule has 0 bridgehead atoms. The molecule has 3 rings (SSSR count). The zero-order chi connectivity index (χ0) is 15.6. The molecule has 8 heteroatoms. The van der Waals surface area contributed by atoms with Crippen LogP contribution in [0, 0.1) is 0 Å². The van der Waals surface area contributed by atoms with Crippen molar-refractivity contribution < 1.29 is 0 Å². The highest BCUT2D eigenvalue weighted by Crippen LogP contribution is 2.18. The molecule has 0 aliphatic heterocycles. The summed E-state index contributed by atoms with van der Waals surface area (Å²) in [5.41, 5.74) is 1.60. The summed E-state index contributed by atoms with van der Waals surface area (Å²) in [6.07, 6.45) is 7.11. The van der Waals surface area contributed by atoms with E-state index >= 15 is 0 Å². The maximum atomic E-state index is 4.38. The lowest BCUT2D eigenvalue weighted by atomic mass is 10.1. The van der Waals surface area contributed by atoms with Crippen molar-refractivity contribution in [2.24, 2.45) is 0 Å². The van der Waals surface area contributed by atoms with Crippen LogP contribution in [0.1, 0.15) is 26.6 Å². The number of nitrogens with one attached hydrogen (secondary N) is 1. The quantitative estimate of drug-likeness (QED) is 0.787. The molecule has 0 atom stereocenters. The highest BCUT2D eigenvalue weighted by atomic mass is 15.6. The zero-order valence-electron chi connectivity index (χ0n) is 12.8. The van der Waals surface area contributed by atoms with Crippen molar-refractivity contribution in [3.63, 3.8) is 0 Å². The Morgan fingerprint density at radius 2 is 2.09 bits per heavy atom. The summed E-state index contributed by atoms with van der Waals surface area (Å²) in [4.78, 5) is 5.76. The van der Waals surface area contributed by atoms with Crippen LogP contribution in [0.15, 0.2) is 36.9 Å². The standard InChI is InChI=1S/C14H18N8/c1-14(2,3)22-19-13(18-20-22)10-16-11-9-15-7-5-12(11)21-8-4-6-17-21/h4-9,16H,10H2,1-3H3. The maximum Gasteiger partial charge on any atom is 0.193 e. The number of tetrazole rings is 1. The fraction of sp³-hybridized carbons (Fsp3) is 0.357. The second kappa shape index (κ2) is 5.55. The third kappa shape index (κ3) is 2.95. The van der Waals surface area contributed by atoms with E-state index in [0.717, 1.165) is 11.4 Å². The molecule has 0 fully saturated rings. The number of anilines is 1. The van der Waals surface area contributed by atoms with E-state index < -0.39 is 0 Å². The molecular weight excluding hydrogens is 280 g/mol.